The van der Waals surface area contributed by atoms with Gasteiger partial charge >= 0.3 is 0 Å². The Kier molecular flexibility index (Phi) is 11.7. The Morgan fingerprint density at radius 1 is 0.929 bits per heavy atom. The van der Waals surface area contributed by atoms with Crippen LogP contribution in [0.2, 0.25) is 0 Å². The van der Waals surface area contributed by atoms with Crippen molar-refractivity contribution in [1.29, 1.82) is 0 Å². The number of benzene rings is 2. The number of amides is 1. The molecule has 0 saturated heterocycles. The monoisotopic (exact) mass is 496 g/mol. The Labute approximate surface area is 184 Å². The largest absolute Gasteiger partial charge is 0.497 e. The average Bonchev–Trinajstić information content (AvgIpc) is 2.73. The highest BCUT2D eigenvalue weighted by Crippen LogP contribution is 2.11. The first kappa shape index (κ1) is 23.7. The van der Waals surface area contributed by atoms with Gasteiger partial charge in [0.15, 0.2) is 5.96 Å². The maximum absolute atomic E-state index is 11.9. The molecular weight excluding hydrogens is 467 g/mol. The maximum atomic E-state index is 11.9. The highest BCUT2D eigenvalue weighted by Gasteiger charge is 2.03. The average molecular weight is 496 g/mol. The van der Waals surface area contributed by atoms with E-state index in [0.29, 0.717) is 12.1 Å². The summed E-state index contributed by atoms with van der Waals surface area (Å²) in [6.45, 7) is 2.14. The minimum absolute atomic E-state index is 0. The fourth-order valence-electron chi connectivity index (χ4n) is 2.53. The Hall–Kier alpha value is -2.29. The van der Waals surface area contributed by atoms with Crippen molar-refractivity contribution >= 4 is 35.8 Å². The van der Waals surface area contributed by atoms with Gasteiger partial charge in [-0.15, -0.1) is 24.0 Å². The molecule has 2 aromatic carbocycles. The lowest BCUT2D eigenvalue weighted by Gasteiger charge is -2.12. The van der Waals surface area contributed by atoms with E-state index < -0.39 is 0 Å². The molecule has 2 aromatic rings. The first-order valence-electron chi connectivity index (χ1n) is 9.13. The van der Waals surface area contributed by atoms with Crippen LogP contribution in [0.5, 0.6) is 5.75 Å². The lowest BCUT2D eigenvalue weighted by atomic mass is 10.1. The molecule has 3 N–H and O–H groups in total. The van der Waals surface area contributed by atoms with Crippen molar-refractivity contribution in [2.75, 3.05) is 33.8 Å². The number of aliphatic imine (C=N–C) groups is 1. The zero-order chi connectivity index (χ0) is 19.3. The van der Waals surface area contributed by atoms with Gasteiger partial charge in [-0.25, -0.2) is 0 Å². The molecule has 0 aliphatic carbocycles. The van der Waals surface area contributed by atoms with Crippen LogP contribution in [0.15, 0.2) is 59.6 Å². The van der Waals surface area contributed by atoms with Crippen molar-refractivity contribution in [2.45, 2.75) is 12.8 Å². The van der Waals surface area contributed by atoms with E-state index in [2.05, 4.69) is 33.1 Å². The van der Waals surface area contributed by atoms with Gasteiger partial charge in [0, 0.05) is 32.2 Å². The number of nitrogens with zero attached hydrogens (tertiary/aromatic N) is 1. The van der Waals surface area contributed by atoms with Crippen LogP contribution in [0.3, 0.4) is 0 Å². The number of carbonyl (C=O) groups is 1. The maximum Gasteiger partial charge on any atom is 0.251 e. The quantitative estimate of drug-likeness (QED) is 0.216. The summed E-state index contributed by atoms with van der Waals surface area (Å²) in [5.74, 6) is 1.58. The molecular formula is C21H29IN4O2. The molecule has 28 heavy (non-hydrogen) atoms. The van der Waals surface area contributed by atoms with Crippen LogP contribution >= 0.6 is 24.0 Å². The van der Waals surface area contributed by atoms with Crippen LogP contribution < -0.4 is 20.7 Å². The summed E-state index contributed by atoms with van der Waals surface area (Å²) >= 11 is 0. The molecule has 0 bridgehead atoms. The first-order valence-corrected chi connectivity index (χ1v) is 9.13. The lowest BCUT2D eigenvalue weighted by Crippen LogP contribution is -2.39. The molecule has 0 unspecified atom stereocenters. The van der Waals surface area contributed by atoms with Gasteiger partial charge in [-0.3, -0.25) is 9.79 Å². The van der Waals surface area contributed by atoms with E-state index in [1.807, 2.05) is 42.5 Å². The molecule has 0 saturated carbocycles. The molecule has 152 valence electrons. The van der Waals surface area contributed by atoms with Crippen LogP contribution in [-0.4, -0.2) is 45.7 Å². The molecule has 0 spiro atoms. The van der Waals surface area contributed by atoms with Crippen molar-refractivity contribution in [3.05, 3.63) is 65.7 Å². The summed E-state index contributed by atoms with van der Waals surface area (Å²) in [5, 5.41) is 9.46. The summed E-state index contributed by atoms with van der Waals surface area (Å²) in [6.07, 6.45) is 1.72. The molecule has 7 heteroatoms. The smallest absolute Gasteiger partial charge is 0.251 e. The number of guanidine groups is 1. The van der Waals surface area contributed by atoms with Crippen molar-refractivity contribution in [3.63, 3.8) is 0 Å². The van der Waals surface area contributed by atoms with Crippen molar-refractivity contribution in [2.24, 2.45) is 4.99 Å². The van der Waals surface area contributed by atoms with E-state index in [1.54, 1.807) is 14.2 Å². The van der Waals surface area contributed by atoms with Gasteiger partial charge in [0.05, 0.1) is 7.11 Å². The van der Waals surface area contributed by atoms with E-state index in [4.69, 9.17) is 4.74 Å². The van der Waals surface area contributed by atoms with Gasteiger partial charge in [0.2, 0.25) is 0 Å². The predicted octanol–water partition coefficient (Wildman–Crippen LogP) is 2.84. The van der Waals surface area contributed by atoms with Crippen LogP contribution in [0.1, 0.15) is 22.3 Å². The summed E-state index contributed by atoms with van der Waals surface area (Å²) in [7, 11) is 3.42. The van der Waals surface area contributed by atoms with Gasteiger partial charge in [-0.05, 0) is 42.7 Å². The molecule has 0 radical (unpaired) electrons. The van der Waals surface area contributed by atoms with Crippen molar-refractivity contribution in [3.8, 4) is 5.75 Å². The molecule has 0 aliphatic rings. The third kappa shape index (κ3) is 8.60. The number of hydrogen-bond donors (Lipinski definition) is 3. The summed E-state index contributed by atoms with van der Waals surface area (Å²) in [6, 6.07) is 17.3. The van der Waals surface area contributed by atoms with Gasteiger partial charge in [0.1, 0.15) is 5.75 Å². The van der Waals surface area contributed by atoms with Gasteiger partial charge in [-0.2, -0.15) is 0 Å². The third-order valence-electron chi connectivity index (χ3n) is 4.06. The number of methoxy groups -OCH3 is 1. The molecule has 0 fully saturated rings. The molecule has 6 nitrogen and oxygen atoms in total. The van der Waals surface area contributed by atoms with Crippen molar-refractivity contribution in [1.82, 2.24) is 16.0 Å². The summed E-state index contributed by atoms with van der Waals surface area (Å²) in [4.78, 5) is 16.2. The molecule has 0 aromatic heterocycles. The molecule has 0 atom stereocenters. The minimum Gasteiger partial charge on any atom is -0.497 e. The zero-order valence-corrected chi connectivity index (χ0v) is 18.7. The molecule has 2 rings (SSSR count). The van der Waals surface area contributed by atoms with Crippen molar-refractivity contribution < 1.29 is 9.53 Å². The number of hydrogen-bond acceptors (Lipinski definition) is 3. The lowest BCUT2D eigenvalue weighted by molar-refractivity contribution is 0.0953. The molecule has 0 heterocycles. The number of nitrogens with one attached hydrogen (secondary N) is 3. The third-order valence-corrected chi connectivity index (χ3v) is 4.06. The van der Waals surface area contributed by atoms with Crippen LogP contribution in [0.4, 0.5) is 0 Å². The fraction of sp³-hybridized carbons (Fsp3) is 0.333. The number of carbonyl (C=O) groups excluding carboxylic acids is 1. The van der Waals surface area contributed by atoms with E-state index >= 15 is 0 Å². The number of rotatable bonds is 9. The summed E-state index contributed by atoms with van der Waals surface area (Å²) < 4.78 is 5.16. The second-order valence-electron chi connectivity index (χ2n) is 6.00. The standard InChI is InChI=1S/C21H28N4O2.HI/c1-22-21(25-16-13-17-9-11-19(27-2)12-10-17)24-15-6-14-23-20(26)18-7-4-3-5-8-18;/h3-5,7-12H,6,13-16H2,1-2H3,(H,23,26)(H2,22,24,25);1H. The SMILES string of the molecule is CN=C(NCCCNC(=O)c1ccccc1)NCCc1ccc(OC)cc1.I. The van der Waals surface area contributed by atoms with Crippen LogP contribution in [0.25, 0.3) is 0 Å². The Morgan fingerprint density at radius 2 is 1.57 bits per heavy atom. The van der Waals surface area contributed by atoms with E-state index in [9.17, 15) is 4.79 Å². The van der Waals surface area contributed by atoms with Crippen LogP contribution in [0, 0.1) is 0 Å². The van der Waals surface area contributed by atoms with E-state index in [1.165, 1.54) is 5.56 Å². The van der Waals surface area contributed by atoms with Crippen LogP contribution in [-0.2, 0) is 6.42 Å². The molecule has 1 amide bonds. The molecule has 0 aliphatic heterocycles. The van der Waals surface area contributed by atoms with Gasteiger partial charge in [-0.1, -0.05) is 30.3 Å². The van der Waals surface area contributed by atoms with Gasteiger partial charge < -0.3 is 20.7 Å². The highest BCUT2D eigenvalue weighted by atomic mass is 127. The normalized spacial score (nSPS) is 10.6. The van der Waals surface area contributed by atoms with E-state index in [-0.39, 0.29) is 29.9 Å². The predicted molar refractivity (Wildman–Crippen MR) is 125 cm³/mol. The number of halogens is 1. The number of ether oxygens (including phenoxy) is 1. The summed E-state index contributed by atoms with van der Waals surface area (Å²) in [5.41, 5.74) is 1.92. The van der Waals surface area contributed by atoms with Gasteiger partial charge in [0.25, 0.3) is 5.91 Å². The zero-order valence-electron chi connectivity index (χ0n) is 16.4. The Bertz CT molecular complexity index is 721. The fourth-order valence-corrected chi connectivity index (χ4v) is 2.53. The Morgan fingerprint density at radius 3 is 2.21 bits per heavy atom. The Balaban J connectivity index is 0.00000392. The first-order chi connectivity index (χ1) is 13.2. The second kappa shape index (κ2) is 13.8. The topological polar surface area (TPSA) is 74.8 Å². The second-order valence-corrected chi connectivity index (χ2v) is 6.00. The highest BCUT2D eigenvalue weighted by molar-refractivity contribution is 14.0. The minimum atomic E-state index is -0.0439. The van der Waals surface area contributed by atoms with E-state index in [0.717, 1.165) is 37.6 Å².